The zero-order valence-electron chi connectivity index (χ0n) is 40.5. The summed E-state index contributed by atoms with van der Waals surface area (Å²) in [4.78, 5) is 4.90. The topological polar surface area (TPSA) is 6.48 Å². The molecule has 2 unspecified atom stereocenters. The van der Waals surface area contributed by atoms with E-state index in [1.807, 2.05) is 0 Å². The number of fused-ring (bicyclic) bond motifs is 3. The second-order valence-corrected chi connectivity index (χ2v) is 21.0. The van der Waals surface area contributed by atoms with Crippen molar-refractivity contribution in [1.29, 1.82) is 0 Å². The van der Waals surface area contributed by atoms with Crippen LogP contribution in [0.25, 0.3) is 22.3 Å². The van der Waals surface area contributed by atoms with Crippen LogP contribution in [0.5, 0.6) is 0 Å². The highest BCUT2D eigenvalue weighted by Crippen LogP contribution is 2.55. The summed E-state index contributed by atoms with van der Waals surface area (Å²) >= 11 is 0. The Kier molecular flexibility index (Phi) is 11.9. The van der Waals surface area contributed by atoms with Gasteiger partial charge in [0.1, 0.15) is 0 Å². The molecule has 11 rings (SSSR count). The van der Waals surface area contributed by atoms with E-state index in [1.54, 1.807) is 0 Å². The first-order valence-electron chi connectivity index (χ1n) is 25.6. The van der Waals surface area contributed by atoms with Crippen LogP contribution in [0.2, 0.25) is 0 Å². The largest absolute Gasteiger partial charge is 0.311 e. The van der Waals surface area contributed by atoms with Crippen molar-refractivity contribution in [3.05, 3.63) is 228 Å². The van der Waals surface area contributed by atoms with Gasteiger partial charge in [-0.15, -0.1) is 0 Å². The summed E-state index contributed by atoms with van der Waals surface area (Å²) in [7, 11) is 0. The monoisotopic (exact) mass is 887 g/mol. The molecular weight excluding hydrogens is 821 g/mol. The zero-order valence-corrected chi connectivity index (χ0v) is 40.5. The molecule has 0 spiro atoms. The Labute approximate surface area is 406 Å². The van der Waals surface area contributed by atoms with Crippen molar-refractivity contribution in [2.75, 3.05) is 9.80 Å². The van der Waals surface area contributed by atoms with Gasteiger partial charge in [0.15, 0.2) is 0 Å². The fraction of sp³-hybridized carbons (Fsp3) is 0.273. The molecule has 0 N–H and O–H groups in total. The standard InChI is InChI=1S/C66H66N2/c1-47(2)51-23-18-44-66(46-51,52-32-38-57(39-33-52)67(54-24-13-7-14-25-54)55-26-15-8-16-27-55)53-34-40-58(41-35-53)68(56-36-30-49(31-37-56)48-19-9-5-10-20-48)59-42-43-61-63(45-59)65(3,4)62-29-17-28-60(64(61)62)50-21-11-6-12-22-50/h6-8,11-17,21-22,24-43,45,47-48,51H,5,9-10,18-20,23,44,46H2,1-4H3. The molecular formula is C66H66N2. The van der Waals surface area contributed by atoms with E-state index in [2.05, 4.69) is 238 Å². The summed E-state index contributed by atoms with van der Waals surface area (Å²) in [6.45, 7) is 9.69. The molecule has 2 heteroatoms. The minimum absolute atomic E-state index is 0.0825. The van der Waals surface area contributed by atoms with E-state index in [9.17, 15) is 0 Å². The van der Waals surface area contributed by atoms with Crippen molar-refractivity contribution in [1.82, 2.24) is 0 Å². The molecule has 8 aromatic rings. The molecule has 8 aromatic carbocycles. The maximum absolute atomic E-state index is 2.52. The molecule has 0 bridgehead atoms. The Morgan fingerprint density at radius 2 is 0.956 bits per heavy atom. The minimum atomic E-state index is -0.152. The first-order valence-corrected chi connectivity index (χ1v) is 25.6. The highest BCUT2D eigenvalue weighted by Gasteiger charge is 2.41. The zero-order chi connectivity index (χ0) is 46.2. The van der Waals surface area contributed by atoms with Gasteiger partial charge in [-0.05, 0) is 166 Å². The Morgan fingerprint density at radius 1 is 0.441 bits per heavy atom. The Morgan fingerprint density at radius 3 is 1.53 bits per heavy atom. The number of nitrogens with zero attached hydrogens (tertiary/aromatic N) is 2. The first-order chi connectivity index (χ1) is 33.3. The predicted octanol–water partition coefficient (Wildman–Crippen LogP) is 18.8. The molecule has 3 aliphatic rings. The fourth-order valence-electron chi connectivity index (χ4n) is 12.6. The van der Waals surface area contributed by atoms with Crippen LogP contribution in [0.4, 0.5) is 34.1 Å². The molecule has 0 saturated heterocycles. The maximum Gasteiger partial charge on any atom is 0.0465 e. The second-order valence-electron chi connectivity index (χ2n) is 21.0. The lowest BCUT2D eigenvalue weighted by Crippen LogP contribution is -2.36. The molecule has 340 valence electrons. The summed E-state index contributed by atoms with van der Waals surface area (Å²) in [5, 5.41) is 0. The van der Waals surface area contributed by atoms with Gasteiger partial charge >= 0.3 is 0 Å². The van der Waals surface area contributed by atoms with Crippen LogP contribution in [0, 0.1) is 11.8 Å². The van der Waals surface area contributed by atoms with Crippen LogP contribution in [-0.4, -0.2) is 0 Å². The van der Waals surface area contributed by atoms with Gasteiger partial charge in [-0.3, -0.25) is 0 Å². The predicted molar refractivity (Wildman–Crippen MR) is 289 cm³/mol. The number of para-hydroxylation sites is 2. The third-order valence-corrected chi connectivity index (χ3v) is 16.4. The summed E-state index contributed by atoms with van der Waals surface area (Å²) in [6.07, 6.45) is 11.5. The van der Waals surface area contributed by atoms with Crippen molar-refractivity contribution in [3.63, 3.8) is 0 Å². The van der Waals surface area contributed by atoms with E-state index in [4.69, 9.17) is 0 Å². The van der Waals surface area contributed by atoms with Gasteiger partial charge < -0.3 is 9.80 Å². The van der Waals surface area contributed by atoms with Gasteiger partial charge in [-0.1, -0.05) is 187 Å². The highest BCUT2D eigenvalue weighted by atomic mass is 15.1. The SMILES string of the molecule is CC(C)C1CCCC(c2ccc(N(c3ccccc3)c3ccccc3)cc2)(c2ccc(N(c3ccc(C4CCCCC4)cc3)c3ccc4c(c3)C(C)(C)c3cccc(-c5ccccc5)c3-4)cc2)C1. The molecule has 0 aliphatic heterocycles. The third kappa shape index (κ3) is 8.06. The molecule has 0 heterocycles. The average molecular weight is 887 g/mol. The molecule has 2 saturated carbocycles. The number of benzene rings is 8. The quantitative estimate of drug-likeness (QED) is 0.128. The number of anilines is 6. The third-order valence-electron chi connectivity index (χ3n) is 16.4. The van der Waals surface area contributed by atoms with Crippen LogP contribution < -0.4 is 9.80 Å². The summed E-state index contributed by atoms with van der Waals surface area (Å²) in [5.41, 5.74) is 19.3. The van der Waals surface area contributed by atoms with Crippen LogP contribution in [0.1, 0.15) is 119 Å². The smallest absolute Gasteiger partial charge is 0.0465 e. The van der Waals surface area contributed by atoms with E-state index in [1.165, 1.54) is 118 Å². The normalized spacial score (nSPS) is 18.8. The maximum atomic E-state index is 2.52. The Hall–Kier alpha value is -6.64. The average Bonchev–Trinajstić information content (AvgIpc) is 3.63. The van der Waals surface area contributed by atoms with Crippen LogP contribution in [0.15, 0.2) is 200 Å². The highest BCUT2D eigenvalue weighted by molar-refractivity contribution is 5.94. The van der Waals surface area contributed by atoms with Crippen LogP contribution >= 0.6 is 0 Å². The summed E-state index contributed by atoms with van der Waals surface area (Å²) in [5.74, 6) is 1.96. The minimum Gasteiger partial charge on any atom is -0.311 e. The van der Waals surface area contributed by atoms with E-state index in [0.29, 0.717) is 17.8 Å². The van der Waals surface area contributed by atoms with Gasteiger partial charge in [0.05, 0.1) is 0 Å². The molecule has 3 aliphatic carbocycles. The molecule has 2 fully saturated rings. The van der Waals surface area contributed by atoms with Crippen LogP contribution in [-0.2, 0) is 10.8 Å². The van der Waals surface area contributed by atoms with Crippen molar-refractivity contribution in [3.8, 4) is 22.3 Å². The van der Waals surface area contributed by atoms with Crippen molar-refractivity contribution in [2.45, 2.75) is 102 Å². The fourth-order valence-corrected chi connectivity index (χ4v) is 12.6. The lowest BCUT2D eigenvalue weighted by Gasteiger charge is -2.44. The summed E-state index contributed by atoms with van der Waals surface area (Å²) in [6, 6.07) is 75.7. The van der Waals surface area contributed by atoms with Crippen molar-refractivity contribution >= 4 is 34.1 Å². The molecule has 2 nitrogen and oxygen atoms in total. The van der Waals surface area contributed by atoms with Gasteiger partial charge in [0.2, 0.25) is 0 Å². The second kappa shape index (κ2) is 18.5. The van der Waals surface area contributed by atoms with Gasteiger partial charge in [0, 0.05) is 45.0 Å². The first kappa shape index (κ1) is 43.9. The van der Waals surface area contributed by atoms with Crippen molar-refractivity contribution < 1.29 is 0 Å². The Bertz CT molecular complexity index is 2920. The van der Waals surface area contributed by atoms with E-state index < -0.39 is 0 Å². The number of hydrogen-bond acceptors (Lipinski definition) is 2. The lowest BCUT2D eigenvalue weighted by molar-refractivity contribution is 0.207. The van der Waals surface area contributed by atoms with Crippen LogP contribution in [0.3, 0.4) is 0 Å². The molecule has 68 heavy (non-hydrogen) atoms. The molecule has 0 amide bonds. The van der Waals surface area contributed by atoms with E-state index in [-0.39, 0.29) is 10.8 Å². The molecule has 2 atom stereocenters. The van der Waals surface area contributed by atoms with E-state index >= 15 is 0 Å². The Balaban J connectivity index is 0.997. The van der Waals surface area contributed by atoms with Gasteiger partial charge in [-0.25, -0.2) is 0 Å². The molecule has 0 radical (unpaired) electrons. The van der Waals surface area contributed by atoms with Gasteiger partial charge in [0.25, 0.3) is 0 Å². The lowest BCUT2D eigenvalue weighted by atomic mass is 9.60. The molecule has 0 aromatic heterocycles. The number of rotatable bonds is 11. The van der Waals surface area contributed by atoms with Crippen molar-refractivity contribution in [2.24, 2.45) is 11.8 Å². The summed E-state index contributed by atoms with van der Waals surface area (Å²) < 4.78 is 0. The van der Waals surface area contributed by atoms with Gasteiger partial charge in [-0.2, -0.15) is 0 Å². The van der Waals surface area contributed by atoms with E-state index in [0.717, 1.165) is 24.2 Å². The number of hydrogen-bond donors (Lipinski definition) is 0.